The van der Waals surface area contributed by atoms with Gasteiger partial charge >= 0.3 is 0 Å². The quantitative estimate of drug-likeness (QED) is 0.842. The fraction of sp³-hybridized carbons (Fsp3) is 0.684. The molecule has 1 aliphatic heterocycles. The molecule has 118 valence electrons. The largest absolute Gasteiger partial charge is 0.308 e. The molecule has 0 amide bonds. The second kappa shape index (κ2) is 7.42. The molecule has 1 aromatic carbocycles. The Morgan fingerprint density at radius 1 is 1.19 bits per heavy atom. The molecule has 0 spiro atoms. The Hall–Kier alpha value is -0.860. The molecular weight excluding hydrogens is 256 g/mol. The molecular formula is C19H32N2. The standard InChI is InChI=1S/C19H32N2/c1-5-16(6-2)14-21-15-19(4,7-3)20-13-18(21)17-11-9-8-10-12-17/h8-12,16,18,20H,5-7,13-15H2,1-4H3. The molecule has 1 N–H and O–H groups in total. The number of hydrogen-bond acceptors (Lipinski definition) is 2. The number of nitrogens with zero attached hydrogens (tertiary/aromatic N) is 1. The monoisotopic (exact) mass is 288 g/mol. The van der Waals surface area contributed by atoms with Crippen molar-refractivity contribution in [2.45, 2.75) is 58.5 Å². The SMILES string of the molecule is CCC(CC)CN1CC(C)(CC)NCC1c1ccccc1. The summed E-state index contributed by atoms with van der Waals surface area (Å²) in [6.07, 6.45) is 3.75. The number of benzene rings is 1. The lowest BCUT2D eigenvalue weighted by Crippen LogP contribution is -2.60. The molecule has 0 radical (unpaired) electrons. The maximum absolute atomic E-state index is 3.79. The van der Waals surface area contributed by atoms with Crippen LogP contribution in [0.2, 0.25) is 0 Å². The molecule has 1 aromatic rings. The van der Waals surface area contributed by atoms with Crippen LogP contribution in [0, 0.1) is 5.92 Å². The molecule has 1 saturated heterocycles. The minimum Gasteiger partial charge on any atom is -0.308 e. The van der Waals surface area contributed by atoms with Gasteiger partial charge in [-0.1, -0.05) is 63.9 Å². The van der Waals surface area contributed by atoms with Gasteiger partial charge in [0.25, 0.3) is 0 Å². The predicted molar refractivity (Wildman–Crippen MR) is 91.5 cm³/mol. The van der Waals surface area contributed by atoms with Crippen LogP contribution in [0.25, 0.3) is 0 Å². The second-order valence-electron chi connectivity index (χ2n) is 6.83. The fourth-order valence-electron chi connectivity index (χ4n) is 3.40. The topological polar surface area (TPSA) is 15.3 Å². The van der Waals surface area contributed by atoms with Crippen LogP contribution in [0.3, 0.4) is 0 Å². The summed E-state index contributed by atoms with van der Waals surface area (Å²) in [5.41, 5.74) is 1.71. The Morgan fingerprint density at radius 3 is 2.43 bits per heavy atom. The zero-order valence-electron chi connectivity index (χ0n) is 14.2. The Labute approximate surface area is 130 Å². The van der Waals surface area contributed by atoms with Crippen molar-refractivity contribution in [3.8, 4) is 0 Å². The average Bonchev–Trinajstić information content (AvgIpc) is 2.53. The van der Waals surface area contributed by atoms with Gasteiger partial charge in [0.2, 0.25) is 0 Å². The van der Waals surface area contributed by atoms with Crippen LogP contribution in [-0.4, -0.2) is 30.1 Å². The van der Waals surface area contributed by atoms with Crippen molar-refractivity contribution >= 4 is 0 Å². The van der Waals surface area contributed by atoms with Crippen LogP contribution in [0.1, 0.15) is 58.6 Å². The van der Waals surface area contributed by atoms with Crippen molar-refractivity contribution in [2.75, 3.05) is 19.6 Å². The molecule has 1 heterocycles. The van der Waals surface area contributed by atoms with Crippen molar-refractivity contribution in [2.24, 2.45) is 5.92 Å². The average molecular weight is 288 g/mol. The molecule has 21 heavy (non-hydrogen) atoms. The summed E-state index contributed by atoms with van der Waals surface area (Å²) in [6.45, 7) is 12.8. The summed E-state index contributed by atoms with van der Waals surface area (Å²) in [5.74, 6) is 0.815. The minimum absolute atomic E-state index is 0.261. The molecule has 1 aliphatic rings. The molecule has 0 aliphatic carbocycles. The van der Waals surface area contributed by atoms with Crippen molar-refractivity contribution in [3.63, 3.8) is 0 Å². The number of rotatable bonds is 6. The molecule has 1 fully saturated rings. The van der Waals surface area contributed by atoms with Gasteiger partial charge in [-0.2, -0.15) is 0 Å². The van der Waals surface area contributed by atoms with Gasteiger partial charge in [0.05, 0.1) is 0 Å². The first kappa shape index (κ1) is 16.5. The number of piperazine rings is 1. The highest BCUT2D eigenvalue weighted by Crippen LogP contribution is 2.30. The normalized spacial score (nSPS) is 27.2. The number of hydrogen-bond donors (Lipinski definition) is 1. The van der Waals surface area contributed by atoms with Crippen molar-refractivity contribution in [1.29, 1.82) is 0 Å². The van der Waals surface area contributed by atoms with Crippen molar-refractivity contribution in [1.82, 2.24) is 10.2 Å². The molecule has 0 bridgehead atoms. The highest BCUT2D eigenvalue weighted by Gasteiger charge is 2.35. The van der Waals surface area contributed by atoms with E-state index < -0.39 is 0 Å². The number of nitrogens with one attached hydrogen (secondary N) is 1. The van der Waals surface area contributed by atoms with Gasteiger partial charge in [0.15, 0.2) is 0 Å². The van der Waals surface area contributed by atoms with E-state index in [1.807, 2.05) is 0 Å². The molecule has 2 heteroatoms. The van der Waals surface area contributed by atoms with Crippen LogP contribution in [0.5, 0.6) is 0 Å². The zero-order valence-corrected chi connectivity index (χ0v) is 14.2. The van der Waals surface area contributed by atoms with Gasteiger partial charge in [0, 0.05) is 31.2 Å². The van der Waals surface area contributed by atoms with Gasteiger partial charge in [-0.3, -0.25) is 4.90 Å². The lowest BCUT2D eigenvalue weighted by molar-refractivity contribution is 0.0676. The van der Waals surface area contributed by atoms with Crippen LogP contribution >= 0.6 is 0 Å². The first-order valence-electron chi connectivity index (χ1n) is 8.65. The van der Waals surface area contributed by atoms with E-state index in [2.05, 4.69) is 68.2 Å². The Bertz CT molecular complexity index is 413. The van der Waals surface area contributed by atoms with Crippen molar-refractivity contribution < 1.29 is 0 Å². The summed E-state index contributed by atoms with van der Waals surface area (Å²) in [6, 6.07) is 11.5. The minimum atomic E-state index is 0.261. The van der Waals surface area contributed by atoms with Gasteiger partial charge in [-0.15, -0.1) is 0 Å². The van der Waals surface area contributed by atoms with Gasteiger partial charge in [-0.25, -0.2) is 0 Å². The van der Waals surface area contributed by atoms with E-state index in [1.165, 1.54) is 31.4 Å². The first-order chi connectivity index (χ1) is 10.1. The van der Waals surface area contributed by atoms with Crippen LogP contribution < -0.4 is 5.32 Å². The van der Waals surface area contributed by atoms with E-state index >= 15 is 0 Å². The van der Waals surface area contributed by atoms with Gasteiger partial charge in [0.1, 0.15) is 0 Å². The summed E-state index contributed by atoms with van der Waals surface area (Å²) in [4.78, 5) is 2.73. The van der Waals surface area contributed by atoms with E-state index in [0.29, 0.717) is 6.04 Å². The van der Waals surface area contributed by atoms with E-state index in [1.54, 1.807) is 0 Å². The smallest absolute Gasteiger partial charge is 0.0473 e. The van der Waals surface area contributed by atoms with Gasteiger partial charge < -0.3 is 5.32 Å². The van der Waals surface area contributed by atoms with E-state index in [0.717, 1.165) is 19.0 Å². The third-order valence-corrected chi connectivity index (χ3v) is 5.33. The molecule has 2 unspecified atom stereocenters. The molecule has 2 nitrogen and oxygen atoms in total. The lowest BCUT2D eigenvalue weighted by Gasteiger charge is -2.47. The maximum Gasteiger partial charge on any atom is 0.0473 e. The maximum atomic E-state index is 3.79. The third kappa shape index (κ3) is 4.08. The van der Waals surface area contributed by atoms with E-state index in [9.17, 15) is 0 Å². The highest BCUT2D eigenvalue weighted by molar-refractivity contribution is 5.21. The summed E-state index contributed by atoms with van der Waals surface area (Å²) in [5, 5.41) is 3.79. The summed E-state index contributed by atoms with van der Waals surface area (Å²) in [7, 11) is 0. The zero-order chi connectivity index (χ0) is 15.3. The molecule has 0 aromatic heterocycles. The van der Waals surface area contributed by atoms with Crippen LogP contribution in [0.15, 0.2) is 30.3 Å². The van der Waals surface area contributed by atoms with E-state index in [-0.39, 0.29) is 5.54 Å². The Kier molecular flexibility index (Phi) is 5.83. The lowest BCUT2D eigenvalue weighted by atomic mass is 9.89. The second-order valence-corrected chi connectivity index (χ2v) is 6.83. The van der Waals surface area contributed by atoms with Gasteiger partial charge in [-0.05, 0) is 24.8 Å². The third-order valence-electron chi connectivity index (χ3n) is 5.33. The molecule has 2 atom stereocenters. The first-order valence-corrected chi connectivity index (χ1v) is 8.65. The van der Waals surface area contributed by atoms with Crippen LogP contribution in [0.4, 0.5) is 0 Å². The Morgan fingerprint density at radius 2 is 1.86 bits per heavy atom. The van der Waals surface area contributed by atoms with Crippen molar-refractivity contribution in [3.05, 3.63) is 35.9 Å². The molecule has 0 saturated carbocycles. The fourth-order valence-corrected chi connectivity index (χ4v) is 3.40. The Balaban J connectivity index is 2.18. The highest BCUT2D eigenvalue weighted by atomic mass is 15.3. The summed E-state index contributed by atoms with van der Waals surface area (Å²) < 4.78 is 0. The molecule has 2 rings (SSSR count). The van der Waals surface area contributed by atoms with E-state index in [4.69, 9.17) is 0 Å². The predicted octanol–water partition coefficient (Wildman–Crippen LogP) is 4.24. The van der Waals surface area contributed by atoms with Crippen LogP contribution in [-0.2, 0) is 0 Å². The summed E-state index contributed by atoms with van der Waals surface area (Å²) >= 11 is 0.